The minimum Gasteiger partial charge on any atom is -0.467 e. The molecule has 1 amide bonds. The number of carbonyl (C=O) groups excluding carboxylic acids is 3. The van der Waals surface area contributed by atoms with Crippen LogP contribution in [0.5, 0.6) is 0 Å². The largest absolute Gasteiger partial charge is 0.467 e. The van der Waals surface area contributed by atoms with Crippen molar-refractivity contribution in [3.8, 4) is 0 Å². The number of ether oxygens (including phenoxy) is 2. The summed E-state index contributed by atoms with van der Waals surface area (Å²) >= 11 is 0. The highest BCUT2D eigenvalue weighted by Gasteiger charge is 2.35. The standard InChI is InChI=1S/C23H23NO5/c1-16-7-3-4-8-17(16)11-12-22(26)29-15-21(25)24-14-19-10-6-5-9-18(19)13-20(24)23(27)28-2/h3-12,20H,13-15H2,1-2H3/b12-11+/t20-/m0/s1. The first-order valence-electron chi connectivity index (χ1n) is 9.34. The first-order chi connectivity index (χ1) is 14.0. The number of benzene rings is 2. The third-order valence-corrected chi connectivity index (χ3v) is 4.97. The van der Waals surface area contributed by atoms with Gasteiger partial charge in [0.1, 0.15) is 6.04 Å². The van der Waals surface area contributed by atoms with Gasteiger partial charge in [-0.05, 0) is 35.3 Å². The molecule has 1 heterocycles. The van der Waals surface area contributed by atoms with Crippen molar-refractivity contribution in [3.63, 3.8) is 0 Å². The molecule has 0 aromatic heterocycles. The molecule has 0 bridgehead atoms. The molecule has 2 aromatic carbocycles. The number of fused-ring (bicyclic) bond motifs is 1. The summed E-state index contributed by atoms with van der Waals surface area (Å²) in [7, 11) is 1.29. The van der Waals surface area contributed by atoms with Gasteiger partial charge < -0.3 is 14.4 Å². The van der Waals surface area contributed by atoms with Crippen LogP contribution in [0.25, 0.3) is 6.08 Å². The molecular weight excluding hydrogens is 370 g/mol. The fourth-order valence-electron chi connectivity index (χ4n) is 3.33. The van der Waals surface area contributed by atoms with E-state index >= 15 is 0 Å². The summed E-state index contributed by atoms with van der Waals surface area (Å²) in [5, 5.41) is 0. The lowest BCUT2D eigenvalue weighted by atomic mass is 9.94. The molecule has 0 aliphatic carbocycles. The number of hydrogen-bond donors (Lipinski definition) is 0. The molecule has 6 nitrogen and oxygen atoms in total. The summed E-state index contributed by atoms with van der Waals surface area (Å²) in [5.74, 6) is -1.54. The molecule has 6 heteroatoms. The molecule has 0 spiro atoms. The molecule has 0 saturated carbocycles. The molecular formula is C23H23NO5. The Labute approximate surface area is 169 Å². The number of rotatable bonds is 5. The molecule has 150 valence electrons. The normalized spacial score (nSPS) is 15.7. The molecule has 0 fully saturated rings. The number of aryl methyl sites for hydroxylation is 1. The van der Waals surface area contributed by atoms with Crippen LogP contribution in [0.4, 0.5) is 0 Å². The number of methoxy groups -OCH3 is 1. The maximum absolute atomic E-state index is 12.7. The smallest absolute Gasteiger partial charge is 0.331 e. The summed E-state index contributed by atoms with van der Waals surface area (Å²) in [4.78, 5) is 38.3. The van der Waals surface area contributed by atoms with Gasteiger partial charge in [0.2, 0.25) is 0 Å². The van der Waals surface area contributed by atoms with Crippen LogP contribution in [0.15, 0.2) is 54.6 Å². The van der Waals surface area contributed by atoms with E-state index in [1.54, 1.807) is 6.08 Å². The Morgan fingerprint density at radius 2 is 1.76 bits per heavy atom. The van der Waals surface area contributed by atoms with Crippen molar-refractivity contribution in [2.24, 2.45) is 0 Å². The van der Waals surface area contributed by atoms with Gasteiger partial charge in [-0.1, -0.05) is 48.5 Å². The summed E-state index contributed by atoms with van der Waals surface area (Å²) < 4.78 is 9.96. The first-order valence-corrected chi connectivity index (χ1v) is 9.34. The lowest BCUT2D eigenvalue weighted by Crippen LogP contribution is -2.50. The summed E-state index contributed by atoms with van der Waals surface area (Å²) in [6.45, 7) is 1.77. The Balaban J connectivity index is 1.64. The third kappa shape index (κ3) is 4.90. The van der Waals surface area contributed by atoms with Crippen LogP contribution in [0.1, 0.15) is 22.3 Å². The van der Waals surface area contributed by atoms with E-state index < -0.39 is 30.5 Å². The first kappa shape index (κ1) is 20.3. The van der Waals surface area contributed by atoms with Gasteiger partial charge in [-0.2, -0.15) is 0 Å². The zero-order valence-electron chi connectivity index (χ0n) is 16.5. The predicted octanol–water partition coefficient (Wildman–Crippen LogP) is 2.68. The van der Waals surface area contributed by atoms with Gasteiger partial charge >= 0.3 is 11.9 Å². The van der Waals surface area contributed by atoms with E-state index in [-0.39, 0.29) is 6.54 Å². The fourth-order valence-corrected chi connectivity index (χ4v) is 3.33. The summed E-state index contributed by atoms with van der Waals surface area (Å²) in [6, 6.07) is 14.5. The van der Waals surface area contributed by atoms with Gasteiger partial charge in [0.05, 0.1) is 7.11 Å². The highest BCUT2D eigenvalue weighted by atomic mass is 16.5. The monoisotopic (exact) mass is 393 g/mol. The van der Waals surface area contributed by atoms with Gasteiger partial charge in [-0.25, -0.2) is 9.59 Å². The predicted molar refractivity (Wildman–Crippen MR) is 108 cm³/mol. The molecule has 3 rings (SSSR count). The van der Waals surface area contributed by atoms with Crippen molar-refractivity contribution in [2.45, 2.75) is 25.9 Å². The van der Waals surface area contributed by atoms with Gasteiger partial charge in [-0.3, -0.25) is 4.79 Å². The second-order valence-electron chi connectivity index (χ2n) is 6.83. The summed E-state index contributed by atoms with van der Waals surface area (Å²) in [5.41, 5.74) is 3.89. The zero-order chi connectivity index (χ0) is 20.8. The topological polar surface area (TPSA) is 72.9 Å². The van der Waals surface area contributed by atoms with Crippen molar-refractivity contribution in [3.05, 3.63) is 76.9 Å². The number of hydrogen-bond acceptors (Lipinski definition) is 5. The third-order valence-electron chi connectivity index (χ3n) is 4.97. The van der Waals surface area contributed by atoms with E-state index in [1.807, 2.05) is 55.5 Å². The fraction of sp³-hybridized carbons (Fsp3) is 0.261. The Hall–Kier alpha value is -3.41. The molecule has 1 aliphatic rings. The van der Waals surface area contributed by atoms with E-state index in [4.69, 9.17) is 9.47 Å². The van der Waals surface area contributed by atoms with Crippen LogP contribution in [-0.4, -0.2) is 42.5 Å². The van der Waals surface area contributed by atoms with E-state index in [1.165, 1.54) is 18.1 Å². The number of nitrogens with zero attached hydrogens (tertiary/aromatic N) is 1. The van der Waals surface area contributed by atoms with E-state index in [0.717, 1.165) is 22.3 Å². The molecule has 0 N–H and O–H groups in total. The Morgan fingerprint density at radius 1 is 1.07 bits per heavy atom. The molecule has 1 atom stereocenters. The van der Waals surface area contributed by atoms with Crippen molar-refractivity contribution in [2.75, 3.05) is 13.7 Å². The second-order valence-corrected chi connectivity index (χ2v) is 6.83. The number of esters is 2. The molecule has 1 aliphatic heterocycles. The Bertz CT molecular complexity index is 950. The minimum atomic E-state index is -0.733. The zero-order valence-corrected chi connectivity index (χ0v) is 16.5. The minimum absolute atomic E-state index is 0.269. The molecule has 0 radical (unpaired) electrons. The van der Waals surface area contributed by atoms with Crippen LogP contribution < -0.4 is 0 Å². The number of carbonyl (C=O) groups is 3. The van der Waals surface area contributed by atoms with Gasteiger partial charge in [0.25, 0.3) is 5.91 Å². The average molecular weight is 393 g/mol. The highest BCUT2D eigenvalue weighted by molar-refractivity contribution is 5.91. The van der Waals surface area contributed by atoms with E-state index in [9.17, 15) is 14.4 Å². The quantitative estimate of drug-likeness (QED) is 0.577. The van der Waals surface area contributed by atoms with E-state index in [2.05, 4.69) is 0 Å². The van der Waals surface area contributed by atoms with Crippen molar-refractivity contribution >= 4 is 23.9 Å². The summed E-state index contributed by atoms with van der Waals surface area (Å²) in [6.07, 6.45) is 3.31. The maximum atomic E-state index is 12.7. The molecule has 29 heavy (non-hydrogen) atoms. The Kier molecular flexibility index (Phi) is 6.44. The molecule has 0 saturated heterocycles. The maximum Gasteiger partial charge on any atom is 0.331 e. The van der Waals surface area contributed by atoms with Crippen molar-refractivity contribution in [1.29, 1.82) is 0 Å². The van der Waals surface area contributed by atoms with E-state index in [0.29, 0.717) is 6.42 Å². The van der Waals surface area contributed by atoms with Gasteiger partial charge in [-0.15, -0.1) is 0 Å². The van der Waals surface area contributed by atoms with Gasteiger partial charge in [0, 0.05) is 19.0 Å². The lowest BCUT2D eigenvalue weighted by Gasteiger charge is -2.35. The highest BCUT2D eigenvalue weighted by Crippen LogP contribution is 2.24. The lowest BCUT2D eigenvalue weighted by molar-refractivity contribution is -0.158. The van der Waals surface area contributed by atoms with Crippen LogP contribution in [-0.2, 0) is 36.8 Å². The van der Waals surface area contributed by atoms with Crippen molar-refractivity contribution in [1.82, 2.24) is 4.90 Å². The Morgan fingerprint density at radius 3 is 2.48 bits per heavy atom. The number of amides is 1. The van der Waals surface area contributed by atoms with Crippen molar-refractivity contribution < 1.29 is 23.9 Å². The van der Waals surface area contributed by atoms with Crippen LogP contribution in [0.3, 0.4) is 0 Å². The van der Waals surface area contributed by atoms with Gasteiger partial charge in [0.15, 0.2) is 6.61 Å². The molecule has 2 aromatic rings. The van der Waals surface area contributed by atoms with Crippen LogP contribution in [0.2, 0.25) is 0 Å². The SMILES string of the molecule is COC(=O)[C@@H]1Cc2ccccc2CN1C(=O)COC(=O)/C=C/c1ccccc1C. The molecule has 0 unspecified atom stereocenters. The second kappa shape index (κ2) is 9.19. The average Bonchev–Trinajstić information content (AvgIpc) is 2.75. The van der Waals surface area contributed by atoms with Crippen LogP contribution >= 0.6 is 0 Å². The van der Waals surface area contributed by atoms with Crippen LogP contribution in [0, 0.1) is 6.92 Å².